The molecular formula is C12H23NO. The van der Waals surface area contributed by atoms with Gasteiger partial charge in [0.15, 0.2) is 0 Å². The van der Waals surface area contributed by atoms with Gasteiger partial charge >= 0.3 is 0 Å². The Hall–Kier alpha value is -0.0800. The summed E-state index contributed by atoms with van der Waals surface area (Å²) in [5.41, 5.74) is 6.02. The van der Waals surface area contributed by atoms with Crippen molar-refractivity contribution in [1.82, 2.24) is 0 Å². The summed E-state index contributed by atoms with van der Waals surface area (Å²) in [7, 11) is 0. The number of hydrogen-bond donors (Lipinski definition) is 1. The summed E-state index contributed by atoms with van der Waals surface area (Å²) in [5, 5.41) is 0. The first-order chi connectivity index (χ1) is 6.86. The molecule has 0 spiro atoms. The van der Waals surface area contributed by atoms with E-state index in [9.17, 15) is 0 Å². The Morgan fingerprint density at radius 2 is 1.79 bits per heavy atom. The average molecular weight is 197 g/mol. The number of nitrogens with two attached hydrogens (primary N) is 1. The zero-order valence-corrected chi connectivity index (χ0v) is 9.08. The van der Waals surface area contributed by atoms with Crippen molar-refractivity contribution >= 4 is 0 Å². The van der Waals surface area contributed by atoms with E-state index in [0.29, 0.717) is 12.1 Å². The minimum Gasteiger partial charge on any atom is -0.377 e. The highest BCUT2D eigenvalue weighted by molar-refractivity contribution is 4.78. The first kappa shape index (κ1) is 10.4. The first-order valence-corrected chi connectivity index (χ1v) is 6.23. The van der Waals surface area contributed by atoms with Gasteiger partial charge < -0.3 is 10.5 Å². The third-order valence-electron chi connectivity index (χ3n) is 3.84. The van der Waals surface area contributed by atoms with Crippen LogP contribution in [0.25, 0.3) is 0 Å². The molecule has 0 saturated heterocycles. The van der Waals surface area contributed by atoms with Gasteiger partial charge in [-0.2, -0.15) is 0 Å². The first-order valence-electron chi connectivity index (χ1n) is 6.23. The van der Waals surface area contributed by atoms with Crippen molar-refractivity contribution in [2.45, 2.75) is 63.5 Å². The number of ether oxygens (including phenoxy) is 1. The summed E-state index contributed by atoms with van der Waals surface area (Å²) in [6.45, 7) is 0.947. The Kier molecular flexibility index (Phi) is 3.82. The molecule has 0 heterocycles. The van der Waals surface area contributed by atoms with Gasteiger partial charge in [0, 0.05) is 12.6 Å². The van der Waals surface area contributed by atoms with Crippen LogP contribution in [0.3, 0.4) is 0 Å². The van der Waals surface area contributed by atoms with Crippen LogP contribution in [0, 0.1) is 5.92 Å². The van der Waals surface area contributed by atoms with E-state index in [2.05, 4.69) is 0 Å². The van der Waals surface area contributed by atoms with Crippen molar-refractivity contribution in [3.8, 4) is 0 Å². The molecule has 2 fully saturated rings. The van der Waals surface area contributed by atoms with Gasteiger partial charge in [-0.1, -0.05) is 32.1 Å². The van der Waals surface area contributed by atoms with Crippen LogP contribution in [-0.2, 0) is 4.74 Å². The summed E-state index contributed by atoms with van der Waals surface area (Å²) in [6.07, 6.45) is 10.9. The van der Waals surface area contributed by atoms with E-state index in [-0.39, 0.29) is 0 Å². The minimum atomic E-state index is 0.310. The Morgan fingerprint density at radius 3 is 2.43 bits per heavy atom. The molecule has 2 N–H and O–H groups in total. The molecule has 2 heteroatoms. The fourth-order valence-corrected chi connectivity index (χ4v) is 2.50. The van der Waals surface area contributed by atoms with Gasteiger partial charge in [0.05, 0.1) is 6.10 Å². The molecular weight excluding hydrogens is 174 g/mol. The van der Waals surface area contributed by atoms with Crippen LogP contribution in [-0.4, -0.2) is 18.8 Å². The maximum Gasteiger partial charge on any atom is 0.0725 e. The second-order valence-corrected chi connectivity index (χ2v) is 4.94. The zero-order valence-electron chi connectivity index (χ0n) is 9.08. The third-order valence-corrected chi connectivity index (χ3v) is 3.84. The fourth-order valence-electron chi connectivity index (χ4n) is 2.50. The second kappa shape index (κ2) is 5.13. The van der Waals surface area contributed by atoms with Crippen LogP contribution in [0.4, 0.5) is 0 Å². The Labute approximate surface area is 87.2 Å². The summed E-state index contributed by atoms with van der Waals surface area (Å²) in [6, 6.07) is 0.310. The quantitative estimate of drug-likeness (QED) is 0.751. The second-order valence-electron chi connectivity index (χ2n) is 4.94. The summed E-state index contributed by atoms with van der Waals surface area (Å²) >= 11 is 0. The lowest BCUT2D eigenvalue weighted by molar-refractivity contribution is 0.00436. The van der Waals surface area contributed by atoms with Crippen LogP contribution >= 0.6 is 0 Å². The molecule has 2 saturated carbocycles. The fraction of sp³-hybridized carbons (Fsp3) is 1.00. The maximum atomic E-state index is 6.02. The molecule has 2 rings (SSSR count). The lowest BCUT2D eigenvalue weighted by atomic mass is 9.83. The number of rotatable bonds is 4. The lowest BCUT2D eigenvalue weighted by Gasteiger charge is -2.30. The molecule has 14 heavy (non-hydrogen) atoms. The molecule has 2 aliphatic carbocycles. The minimum absolute atomic E-state index is 0.310. The topological polar surface area (TPSA) is 35.2 Å². The van der Waals surface area contributed by atoms with Crippen molar-refractivity contribution in [2.75, 3.05) is 6.61 Å². The van der Waals surface area contributed by atoms with E-state index < -0.39 is 0 Å². The summed E-state index contributed by atoms with van der Waals surface area (Å²) in [5.74, 6) is 0.967. The monoisotopic (exact) mass is 197 g/mol. The zero-order chi connectivity index (χ0) is 9.80. The Bertz CT molecular complexity index is 168. The van der Waals surface area contributed by atoms with E-state index in [1.165, 1.54) is 44.9 Å². The van der Waals surface area contributed by atoms with Crippen LogP contribution in [0.1, 0.15) is 51.4 Å². The number of hydrogen-bond acceptors (Lipinski definition) is 2. The van der Waals surface area contributed by atoms with E-state index in [4.69, 9.17) is 10.5 Å². The molecule has 0 bridgehead atoms. The largest absolute Gasteiger partial charge is 0.377 e. The van der Waals surface area contributed by atoms with E-state index in [1.807, 2.05) is 0 Å². The van der Waals surface area contributed by atoms with Gasteiger partial charge in [-0.25, -0.2) is 0 Å². The van der Waals surface area contributed by atoms with Crippen LogP contribution in [0.5, 0.6) is 0 Å². The summed E-state index contributed by atoms with van der Waals surface area (Å²) < 4.78 is 5.88. The molecule has 2 atom stereocenters. The normalized spacial score (nSPS) is 34.1. The van der Waals surface area contributed by atoms with Gasteiger partial charge in [-0.15, -0.1) is 0 Å². The standard InChI is InChI=1S/C12H23NO/c13-11-6-1-2-7-12(11)14-9-8-10-4-3-5-10/h10-12H,1-9,13H2. The predicted octanol–water partition coefficient (Wildman–Crippen LogP) is 2.46. The van der Waals surface area contributed by atoms with Crippen molar-refractivity contribution in [3.63, 3.8) is 0 Å². The lowest BCUT2D eigenvalue weighted by Crippen LogP contribution is -2.39. The highest BCUT2D eigenvalue weighted by Gasteiger charge is 2.23. The van der Waals surface area contributed by atoms with Gasteiger partial charge in [0.1, 0.15) is 0 Å². The van der Waals surface area contributed by atoms with Gasteiger partial charge in [0.25, 0.3) is 0 Å². The molecule has 0 amide bonds. The van der Waals surface area contributed by atoms with Crippen molar-refractivity contribution in [1.29, 1.82) is 0 Å². The highest BCUT2D eigenvalue weighted by Crippen LogP contribution is 2.29. The Balaban J connectivity index is 1.58. The van der Waals surface area contributed by atoms with E-state index in [0.717, 1.165) is 18.9 Å². The molecule has 2 aliphatic rings. The van der Waals surface area contributed by atoms with Crippen LogP contribution in [0.15, 0.2) is 0 Å². The Morgan fingerprint density at radius 1 is 1.00 bits per heavy atom. The molecule has 0 aromatic heterocycles. The van der Waals surface area contributed by atoms with Crippen LogP contribution < -0.4 is 5.73 Å². The molecule has 2 unspecified atom stereocenters. The van der Waals surface area contributed by atoms with Gasteiger partial charge in [0.2, 0.25) is 0 Å². The van der Waals surface area contributed by atoms with Gasteiger partial charge in [-0.05, 0) is 25.2 Å². The maximum absolute atomic E-state index is 6.02. The van der Waals surface area contributed by atoms with Gasteiger partial charge in [-0.3, -0.25) is 0 Å². The van der Waals surface area contributed by atoms with E-state index >= 15 is 0 Å². The summed E-state index contributed by atoms with van der Waals surface area (Å²) in [4.78, 5) is 0. The molecule has 0 aromatic carbocycles. The van der Waals surface area contributed by atoms with E-state index in [1.54, 1.807) is 0 Å². The van der Waals surface area contributed by atoms with Crippen molar-refractivity contribution in [3.05, 3.63) is 0 Å². The molecule has 0 aliphatic heterocycles. The molecule has 0 radical (unpaired) electrons. The molecule has 0 aromatic rings. The molecule has 2 nitrogen and oxygen atoms in total. The SMILES string of the molecule is NC1CCCCC1OCCC1CCC1. The smallest absolute Gasteiger partial charge is 0.0725 e. The van der Waals surface area contributed by atoms with Crippen molar-refractivity contribution in [2.24, 2.45) is 11.7 Å². The van der Waals surface area contributed by atoms with Crippen LogP contribution in [0.2, 0.25) is 0 Å². The third kappa shape index (κ3) is 2.71. The average Bonchev–Trinajstić information content (AvgIpc) is 2.12. The van der Waals surface area contributed by atoms with Crippen molar-refractivity contribution < 1.29 is 4.74 Å². The predicted molar refractivity (Wildman–Crippen MR) is 58.1 cm³/mol. The molecule has 82 valence electrons. The highest BCUT2D eigenvalue weighted by atomic mass is 16.5.